The van der Waals surface area contributed by atoms with E-state index in [9.17, 15) is 0 Å². The molecule has 1 heterocycles. The van der Waals surface area contributed by atoms with E-state index in [4.69, 9.17) is 5.26 Å². The maximum Gasteiger partial charge on any atom is 0.134 e. The largest absolute Gasteiger partial charge is 0.373 e. The monoisotopic (exact) mass is 233 g/mol. The Labute approximate surface area is 102 Å². The summed E-state index contributed by atoms with van der Waals surface area (Å²) in [5, 5.41) is 11.7. The van der Waals surface area contributed by atoms with Crippen molar-refractivity contribution in [3.05, 3.63) is 11.9 Å². The number of nitrogens with one attached hydrogen (secondary N) is 1. The van der Waals surface area contributed by atoms with Crippen LogP contribution in [0.25, 0.3) is 0 Å². The molecule has 0 bridgehead atoms. The fraction of sp³-hybridized carbons (Fsp3) is 0.583. The molecule has 0 unspecified atom stereocenters. The molecular weight excluding hydrogens is 214 g/mol. The maximum absolute atomic E-state index is 8.68. The standard InChI is InChI=1S/C12H19N5/c1-9(2)17(7-5-6-13)12-8-11(14-4)15-10(3)16-12/h8-9H,5,7H2,1-4H3,(H,14,15,16). The number of anilines is 2. The van der Waals surface area contributed by atoms with E-state index in [2.05, 4.69) is 40.1 Å². The first-order valence-corrected chi connectivity index (χ1v) is 5.75. The predicted octanol–water partition coefficient (Wildman–Crippen LogP) is 1.96. The zero-order valence-corrected chi connectivity index (χ0v) is 10.9. The van der Waals surface area contributed by atoms with E-state index in [1.165, 1.54) is 0 Å². The van der Waals surface area contributed by atoms with E-state index in [0.717, 1.165) is 17.5 Å². The minimum absolute atomic E-state index is 0.308. The van der Waals surface area contributed by atoms with Crippen molar-refractivity contribution in [3.8, 4) is 6.07 Å². The van der Waals surface area contributed by atoms with Crippen LogP contribution in [0.15, 0.2) is 6.07 Å². The number of nitrogens with zero attached hydrogens (tertiary/aromatic N) is 4. The van der Waals surface area contributed by atoms with E-state index in [1.807, 2.05) is 20.0 Å². The van der Waals surface area contributed by atoms with Crippen LogP contribution >= 0.6 is 0 Å². The zero-order valence-electron chi connectivity index (χ0n) is 10.9. The number of rotatable bonds is 5. The van der Waals surface area contributed by atoms with E-state index >= 15 is 0 Å². The Morgan fingerprint density at radius 3 is 2.71 bits per heavy atom. The van der Waals surface area contributed by atoms with Crippen LogP contribution in [0.5, 0.6) is 0 Å². The Morgan fingerprint density at radius 2 is 2.18 bits per heavy atom. The highest BCUT2D eigenvalue weighted by atomic mass is 15.2. The summed E-state index contributed by atoms with van der Waals surface area (Å²) in [6.45, 7) is 6.74. The van der Waals surface area contributed by atoms with Gasteiger partial charge in [0.25, 0.3) is 0 Å². The van der Waals surface area contributed by atoms with Crippen molar-refractivity contribution >= 4 is 11.6 Å². The van der Waals surface area contributed by atoms with Gasteiger partial charge < -0.3 is 10.2 Å². The van der Waals surface area contributed by atoms with E-state index in [1.54, 1.807) is 0 Å². The third-order valence-corrected chi connectivity index (χ3v) is 2.46. The van der Waals surface area contributed by atoms with E-state index in [0.29, 0.717) is 19.0 Å². The van der Waals surface area contributed by atoms with E-state index < -0.39 is 0 Å². The first-order valence-electron chi connectivity index (χ1n) is 5.75. The zero-order chi connectivity index (χ0) is 12.8. The van der Waals surface area contributed by atoms with Gasteiger partial charge >= 0.3 is 0 Å². The average molecular weight is 233 g/mol. The summed E-state index contributed by atoms with van der Waals surface area (Å²) < 4.78 is 0. The predicted molar refractivity (Wildman–Crippen MR) is 69.0 cm³/mol. The highest BCUT2D eigenvalue weighted by Crippen LogP contribution is 2.18. The molecule has 5 heteroatoms. The number of aromatic nitrogens is 2. The van der Waals surface area contributed by atoms with Crippen LogP contribution in [-0.4, -0.2) is 29.6 Å². The Kier molecular flexibility index (Phi) is 4.70. The maximum atomic E-state index is 8.68. The van der Waals surface area contributed by atoms with Crippen molar-refractivity contribution in [1.29, 1.82) is 5.26 Å². The highest BCUT2D eigenvalue weighted by Gasteiger charge is 2.13. The fourth-order valence-corrected chi connectivity index (χ4v) is 1.63. The first-order chi connectivity index (χ1) is 8.08. The quantitative estimate of drug-likeness (QED) is 0.842. The van der Waals surface area contributed by atoms with Crippen molar-refractivity contribution in [2.45, 2.75) is 33.2 Å². The van der Waals surface area contributed by atoms with Crippen molar-refractivity contribution in [3.63, 3.8) is 0 Å². The second-order valence-corrected chi connectivity index (χ2v) is 4.10. The Balaban J connectivity index is 3.01. The lowest BCUT2D eigenvalue weighted by atomic mass is 10.3. The van der Waals surface area contributed by atoms with Gasteiger partial charge in [0.15, 0.2) is 0 Å². The number of nitriles is 1. The van der Waals surface area contributed by atoms with Gasteiger partial charge in [0.05, 0.1) is 12.5 Å². The Morgan fingerprint density at radius 1 is 1.47 bits per heavy atom. The smallest absolute Gasteiger partial charge is 0.134 e. The van der Waals surface area contributed by atoms with Crippen LogP contribution in [0, 0.1) is 18.3 Å². The van der Waals surface area contributed by atoms with Gasteiger partial charge in [0.1, 0.15) is 17.5 Å². The molecule has 0 saturated heterocycles. The van der Waals surface area contributed by atoms with Crippen LogP contribution in [0.3, 0.4) is 0 Å². The molecule has 0 aliphatic rings. The first kappa shape index (κ1) is 13.2. The number of hydrogen-bond acceptors (Lipinski definition) is 5. The molecule has 0 spiro atoms. The topological polar surface area (TPSA) is 64.8 Å². The lowest BCUT2D eigenvalue weighted by Crippen LogP contribution is -2.32. The fourth-order valence-electron chi connectivity index (χ4n) is 1.63. The van der Waals surface area contributed by atoms with Crippen LogP contribution < -0.4 is 10.2 Å². The van der Waals surface area contributed by atoms with Crippen molar-refractivity contribution in [2.24, 2.45) is 0 Å². The average Bonchev–Trinajstić information content (AvgIpc) is 2.28. The van der Waals surface area contributed by atoms with Gasteiger partial charge in [-0.05, 0) is 20.8 Å². The minimum atomic E-state index is 0.308. The molecule has 0 aromatic carbocycles. The molecule has 0 aliphatic heterocycles. The molecule has 0 radical (unpaired) electrons. The highest BCUT2D eigenvalue weighted by molar-refractivity contribution is 5.49. The molecule has 0 fully saturated rings. The molecule has 0 amide bonds. The summed E-state index contributed by atoms with van der Waals surface area (Å²) in [5.74, 6) is 2.40. The third kappa shape index (κ3) is 3.59. The van der Waals surface area contributed by atoms with Gasteiger partial charge in [-0.15, -0.1) is 0 Å². The van der Waals surface area contributed by atoms with Crippen LogP contribution in [0.4, 0.5) is 11.6 Å². The molecular formula is C12H19N5. The molecule has 0 aliphatic carbocycles. The van der Waals surface area contributed by atoms with Gasteiger partial charge in [-0.1, -0.05) is 0 Å². The summed E-state index contributed by atoms with van der Waals surface area (Å²) in [6.07, 6.45) is 0.496. The summed E-state index contributed by atoms with van der Waals surface area (Å²) in [4.78, 5) is 10.8. The lowest BCUT2D eigenvalue weighted by Gasteiger charge is -2.27. The van der Waals surface area contributed by atoms with Gasteiger partial charge in [0.2, 0.25) is 0 Å². The second-order valence-electron chi connectivity index (χ2n) is 4.10. The van der Waals surface area contributed by atoms with Crippen LogP contribution in [0.1, 0.15) is 26.1 Å². The summed E-state index contributed by atoms with van der Waals surface area (Å²) >= 11 is 0. The SMILES string of the molecule is CNc1cc(N(CCC#N)C(C)C)nc(C)n1. The molecule has 17 heavy (non-hydrogen) atoms. The van der Waals surface area contributed by atoms with Crippen molar-refractivity contribution < 1.29 is 0 Å². The van der Waals surface area contributed by atoms with Crippen LogP contribution in [-0.2, 0) is 0 Å². The molecule has 1 aromatic heterocycles. The molecule has 0 saturated carbocycles. The second kappa shape index (κ2) is 6.04. The molecule has 92 valence electrons. The molecule has 5 nitrogen and oxygen atoms in total. The van der Waals surface area contributed by atoms with Gasteiger partial charge in [0, 0.05) is 25.7 Å². The van der Waals surface area contributed by atoms with Gasteiger partial charge in [-0.3, -0.25) is 0 Å². The van der Waals surface area contributed by atoms with Crippen molar-refractivity contribution in [2.75, 3.05) is 23.8 Å². The van der Waals surface area contributed by atoms with E-state index in [-0.39, 0.29) is 0 Å². The number of aryl methyl sites for hydroxylation is 1. The number of hydrogen-bond donors (Lipinski definition) is 1. The molecule has 1 aromatic rings. The Bertz CT molecular complexity index is 408. The molecule has 1 rings (SSSR count). The molecule has 0 atom stereocenters. The third-order valence-electron chi connectivity index (χ3n) is 2.46. The summed E-state index contributed by atoms with van der Waals surface area (Å²) in [7, 11) is 1.83. The summed E-state index contributed by atoms with van der Waals surface area (Å²) in [6, 6.07) is 4.38. The van der Waals surface area contributed by atoms with Gasteiger partial charge in [-0.25, -0.2) is 9.97 Å². The van der Waals surface area contributed by atoms with Crippen molar-refractivity contribution in [1.82, 2.24) is 9.97 Å². The van der Waals surface area contributed by atoms with Crippen LogP contribution in [0.2, 0.25) is 0 Å². The minimum Gasteiger partial charge on any atom is -0.373 e. The lowest BCUT2D eigenvalue weighted by molar-refractivity contribution is 0.674. The van der Waals surface area contributed by atoms with Gasteiger partial charge in [-0.2, -0.15) is 5.26 Å². The Hall–Kier alpha value is -1.83. The summed E-state index contributed by atoms with van der Waals surface area (Å²) in [5.41, 5.74) is 0. The normalized spacial score (nSPS) is 10.1. The molecule has 1 N–H and O–H groups in total.